The molecule has 8 nitrogen and oxygen atoms in total. The zero-order chi connectivity index (χ0) is 15.4. The molecule has 1 N–H and O–H groups in total. The molecular formula is C13H13N3O5. The molecule has 2 rings (SSSR count). The summed E-state index contributed by atoms with van der Waals surface area (Å²) in [6, 6.07) is 3.67. The number of carbonyl (C=O) groups is 1. The first-order valence-electron chi connectivity index (χ1n) is 6.09. The third-order valence-corrected chi connectivity index (χ3v) is 2.81. The molecule has 0 saturated carbocycles. The van der Waals surface area contributed by atoms with E-state index < -0.39 is 16.6 Å². The smallest absolute Gasteiger partial charge is 0.342 e. The van der Waals surface area contributed by atoms with Gasteiger partial charge in [0.25, 0.3) is 5.69 Å². The molecule has 0 aliphatic heterocycles. The van der Waals surface area contributed by atoms with Crippen LogP contribution in [-0.4, -0.2) is 32.4 Å². The number of carboxylic acid groups (broad SMARTS) is 1. The topological polar surface area (TPSA) is 107 Å². The van der Waals surface area contributed by atoms with Crippen LogP contribution in [0, 0.1) is 10.1 Å². The highest BCUT2D eigenvalue weighted by Crippen LogP contribution is 2.24. The van der Waals surface area contributed by atoms with Gasteiger partial charge in [-0.2, -0.15) is 5.10 Å². The highest BCUT2D eigenvalue weighted by atomic mass is 16.6. The van der Waals surface area contributed by atoms with Crippen LogP contribution in [0.2, 0.25) is 0 Å². The Morgan fingerprint density at radius 1 is 1.52 bits per heavy atom. The lowest BCUT2D eigenvalue weighted by molar-refractivity contribution is -0.385. The fraction of sp³-hybridized carbons (Fsp3) is 0.231. The lowest BCUT2D eigenvalue weighted by Crippen LogP contribution is -2.05. The summed E-state index contributed by atoms with van der Waals surface area (Å²) in [5.41, 5.74) is 0.138. The molecule has 0 unspecified atom stereocenters. The Balaban J connectivity index is 2.05. The van der Waals surface area contributed by atoms with Gasteiger partial charge < -0.3 is 9.84 Å². The Morgan fingerprint density at radius 2 is 2.29 bits per heavy atom. The molecule has 21 heavy (non-hydrogen) atoms. The second-order valence-electron chi connectivity index (χ2n) is 4.36. The molecule has 1 aromatic heterocycles. The van der Waals surface area contributed by atoms with E-state index in [4.69, 9.17) is 9.84 Å². The van der Waals surface area contributed by atoms with E-state index in [2.05, 4.69) is 5.10 Å². The summed E-state index contributed by atoms with van der Waals surface area (Å²) in [6.07, 6.45) is 4.16. The van der Waals surface area contributed by atoms with Crippen LogP contribution in [-0.2, 0) is 13.5 Å². The first-order chi connectivity index (χ1) is 9.97. The van der Waals surface area contributed by atoms with Crippen molar-refractivity contribution in [3.63, 3.8) is 0 Å². The van der Waals surface area contributed by atoms with Gasteiger partial charge in [0.2, 0.25) is 0 Å². The molecule has 1 heterocycles. The molecule has 0 spiro atoms. The summed E-state index contributed by atoms with van der Waals surface area (Å²) in [7, 11) is 1.81. The third-order valence-electron chi connectivity index (χ3n) is 2.81. The SMILES string of the molecule is Cn1cc(CCOc2ccc([N+](=O)[O-])c(C(=O)O)c2)cn1. The number of ether oxygens (including phenoxy) is 1. The number of hydrogen-bond donors (Lipinski definition) is 1. The van der Waals surface area contributed by atoms with Gasteiger partial charge in [-0.25, -0.2) is 4.79 Å². The van der Waals surface area contributed by atoms with Crippen molar-refractivity contribution in [2.45, 2.75) is 6.42 Å². The second-order valence-corrected chi connectivity index (χ2v) is 4.36. The Bertz CT molecular complexity index is 680. The van der Waals surface area contributed by atoms with Crippen molar-refractivity contribution in [3.8, 4) is 5.75 Å². The van der Waals surface area contributed by atoms with Crippen molar-refractivity contribution in [2.24, 2.45) is 7.05 Å². The summed E-state index contributed by atoms with van der Waals surface area (Å²) in [4.78, 5) is 21.0. The lowest BCUT2D eigenvalue weighted by Gasteiger charge is -2.06. The monoisotopic (exact) mass is 291 g/mol. The number of nitro groups is 1. The maximum atomic E-state index is 11.0. The predicted octanol–water partition coefficient (Wildman–Crippen LogP) is 1.65. The molecule has 2 aromatic rings. The van der Waals surface area contributed by atoms with Gasteiger partial charge >= 0.3 is 5.97 Å². The number of rotatable bonds is 6. The number of nitrogens with zero attached hydrogens (tertiary/aromatic N) is 3. The average molecular weight is 291 g/mol. The Labute approximate surface area is 119 Å². The number of nitro benzene ring substituents is 1. The molecule has 1 aromatic carbocycles. The van der Waals surface area contributed by atoms with Gasteiger partial charge in [-0.05, 0) is 11.6 Å². The molecule has 0 saturated heterocycles. The maximum Gasteiger partial charge on any atom is 0.342 e. The van der Waals surface area contributed by atoms with E-state index in [9.17, 15) is 14.9 Å². The molecular weight excluding hydrogens is 278 g/mol. The Hall–Kier alpha value is -2.90. The number of aryl methyl sites for hydroxylation is 1. The average Bonchev–Trinajstić information content (AvgIpc) is 2.84. The Morgan fingerprint density at radius 3 is 2.86 bits per heavy atom. The molecule has 0 aliphatic carbocycles. The van der Waals surface area contributed by atoms with Crippen molar-refractivity contribution in [1.82, 2.24) is 9.78 Å². The third kappa shape index (κ3) is 3.56. The van der Waals surface area contributed by atoms with E-state index in [1.54, 1.807) is 17.9 Å². The highest BCUT2D eigenvalue weighted by Gasteiger charge is 2.20. The maximum absolute atomic E-state index is 11.0. The van der Waals surface area contributed by atoms with Crippen LogP contribution >= 0.6 is 0 Å². The summed E-state index contributed by atoms with van der Waals surface area (Å²) < 4.78 is 7.09. The van der Waals surface area contributed by atoms with Crippen molar-refractivity contribution in [1.29, 1.82) is 0 Å². The fourth-order valence-electron chi connectivity index (χ4n) is 1.82. The van der Waals surface area contributed by atoms with Crippen molar-refractivity contribution < 1.29 is 19.6 Å². The van der Waals surface area contributed by atoms with E-state index in [0.29, 0.717) is 13.0 Å². The minimum atomic E-state index is -1.36. The van der Waals surface area contributed by atoms with Crippen LogP contribution < -0.4 is 4.74 Å². The van der Waals surface area contributed by atoms with Gasteiger partial charge in [0.1, 0.15) is 11.3 Å². The van der Waals surface area contributed by atoms with E-state index in [1.807, 2.05) is 6.20 Å². The van der Waals surface area contributed by atoms with E-state index in [1.165, 1.54) is 6.07 Å². The van der Waals surface area contributed by atoms with Gasteiger partial charge in [0.05, 0.1) is 17.7 Å². The minimum absolute atomic E-state index is 0.280. The number of carboxylic acids is 1. The number of aromatic carboxylic acids is 1. The van der Waals surface area contributed by atoms with Crippen LogP contribution in [0.3, 0.4) is 0 Å². The van der Waals surface area contributed by atoms with Gasteiger partial charge in [-0.1, -0.05) is 0 Å². The fourth-order valence-corrected chi connectivity index (χ4v) is 1.82. The van der Waals surface area contributed by atoms with E-state index >= 15 is 0 Å². The molecule has 110 valence electrons. The van der Waals surface area contributed by atoms with Crippen LogP contribution in [0.1, 0.15) is 15.9 Å². The summed E-state index contributed by atoms with van der Waals surface area (Å²) >= 11 is 0. The lowest BCUT2D eigenvalue weighted by atomic mass is 10.1. The zero-order valence-corrected chi connectivity index (χ0v) is 11.2. The molecule has 0 aliphatic rings. The predicted molar refractivity (Wildman–Crippen MR) is 72.5 cm³/mol. The molecule has 8 heteroatoms. The van der Waals surface area contributed by atoms with Crippen LogP contribution in [0.15, 0.2) is 30.6 Å². The van der Waals surface area contributed by atoms with Crippen LogP contribution in [0.4, 0.5) is 5.69 Å². The summed E-state index contributed by atoms with van der Waals surface area (Å²) in [6.45, 7) is 0.322. The normalized spacial score (nSPS) is 10.3. The Kier molecular flexibility index (Phi) is 4.17. The van der Waals surface area contributed by atoms with Crippen LogP contribution in [0.5, 0.6) is 5.75 Å². The number of benzene rings is 1. The molecule has 0 bridgehead atoms. The molecule has 0 amide bonds. The molecule has 0 fully saturated rings. The summed E-state index contributed by atoms with van der Waals surface area (Å²) in [5.74, 6) is -1.08. The number of aromatic nitrogens is 2. The van der Waals surface area contributed by atoms with Gasteiger partial charge in [0.15, 0.2) is 0 Å². The second kappa shape index (κ2) is 6.04. The first kappa shape index (κ1) is 14.5. The van der Waals surface area contributed by atoms with Gasteiger partial charge in [0, 0.05) is 31.8 Å². The van der Waals surface area contributed by atoms with Gasteiger partial charge in [-0.15, -0.1) is 0 Å². The van der Waals surface area contributed by atoms with Crippen molar-refractivity contribution in [3.05, 3.63) is 51.8 Å². The van der Waals surface area contributed by atoms with Crippen molar-refractivity contribution in [2.75, 3.05) is 6.61 Å². The zero-order valence-electron chi connectivity index (χ0n) is 11.2. The molecule has 0 radical (unpaired) electrons. The largest absolute Gasteiger partial charge is 0.493 e. The first-order valence-corrected chi connectivity index (χ1v) is 6.09. The number of hydrogen-bond acceptors (Lipinski definition) is 5. The standard InChI is InChI=1S/C13H13N3O5/c1-15-8-9(7-14-15)4-5-21-10-2-3-12(16(19)20)11(6-10)13(17)18/h2-3,6-8H,4-5H2,1H3,(H,17,18). The summed E-state index contributed by atoms with van der Waals surface area (Å²) in [5, 5.41) is 23.7. The highest BCUT2D eigenvalue weighted by molar-refractivity contribution is 5.92. The van der Waals surface area contributed by atoms with Crippen LogP contribution in [0.25, 0.3) is 0 Å². The van der Waals surface area contributed by atoms with Crippen molar-refractivity contribution >= 4 is 11.7 Å². The minimum Gasteiger partial charge on any atom is -0.493 e. The molecule has 0 atom stereocenters. The van der Waals surface area contributed by atoms with E-state index in [0.717, 1.165) is 17.7 Å². The quantitative estimate of drug-likeness (QED) is 0.640. The van der Waals surface area contributed by atoms with E-state index in [-0.39, 0.29) is 11.3 Å². The van der Waals surface area contributed by atoms with Gasteiger partial charge in [-0.3, -0.25) is 14.8 Å².